The van der Waals surface area contributed by atoms with Gasteiger partial charge in [0.15, 0.2) is 5.82 Å². The molecule has 2 heterocycles. The highest BCUT2D eigenvalue weighted by molar-refractivity contribution is 5.92. The summed E-state index contributed by atoms with van der Waals surface area (Å²) in [5, 5.41) is 30.8. The van der Waals surface area contributed by atoms with Gasteiger partial charge in [-0.2, -0.15) is 5.21 Å². The number of aromatic amines is 1. The van der Waals surface area contributed by atoms with Crippen LogP contribution in [0.4, 0.5) is 4.79 Å². The third-order valence-corrected chi connectivity index (χ3v) is 5.29. The molecule has 1 saturated heterocycles. The molecule has 1 fully saturated rings. The lowest BCUT2D eigenvalue weighted by Crippen LogP contribution is -2.54. The number of tetrazole rings is 1. The number of aliphatic hydroxyl groups excluding tert-OH is 1. The van der Waals surface area contributed by atoms with Gasteiger partial charge in [-0.1, -0.05) is 25.5 Å². The quantitative estimate of drug-likeness (QED) is 0.288. The minimum Gasteiger partial charge on any atom is -0.444 e. The van der Waals surface area contributed by atoms with Crippen molar-refractivity contribution in [2.75, 3.05) is 13.1 Å². The van der Waals surface area contributed by atoms with E-state index in [2.05, 4.69) is 36.6 Å². The summed E-state index contributed by atoms with van der Waals surface area (Å²) in [7, 11) is 0. The molecule has 0 bridgehead atoms. The van der Waals surface area contributed by atoms with E-state index in [1.165, 1.54) is 4.90 Å². The van der Waals surface area contributed by atoms with Crippen LogP contribution < -0.4 is 16.0 Å². The van der Waals surface area contributed by atoms with Crippen LogP contribution in [-0.4, -0.2) is 91.3 Å². The molecule has 4 amide bonds. The second-order valence-electron chi connectivity index (χ2n) is 9.22. The second kappa shape index (κ2) is 11.7. The number of H-pyrrole nitrogens is 1. The number of hydrogen-bond donors (Lipinski definition) is 5. The first kappa shape index (κ1) is 27.0. The number of nitrogens with zero attached hydrogens (tertiary/aromatic N) is 4. The van der Waals surface area contributed by atoms with Crippen LogP contribution in [0, 0.1) is 5.92 Å². The van der Waals surface area contributed by atoms with E-state index in [9.17, 15) is 24.3 Å². The Morgan fingerprint density at radius 1 is 1.26 bits per heavy atom. The van der Waals surface area contributed by atoms with Crippen LogP contribution in [-0.2, 0) is 25.7 Å². The second-order valence-corrected chi connectivity index (χ2v) is 9.22. The standard InChI is InChI=1S/C20H34N8O6/c1-6-11(2)16(23-19(33)34-20(3,4)5)18(32)22-9-15(30)28-10-12(29)7-13(28)17(31)21-8-14-24-26-27-25-14/h11-13,16,29H,6-10H2,1-5H3,(H,21,31)(H,22,32)(H,23,33)(H,24,25,26,27)/t11-,12-,13-,16-/m0/s1. The Hall–Kier alpha value is -3.29. The maximum absolute atomic E-state index is 12.8. The minimum absolute atomic E-state index is 0.00756. The third-order valence-electron chi connectivity index (χ3n) is 5.29. The number of ether oxygens (including phenoxy) is 1. The van der Waals surface area contributed by atoms with Gasteiger partial charge in [-0.3, -0.25) is 14.4 Å². The van der Waals surface area contributed by atoms with Gasteiger partial charge in [0.25, 0.3) is 0 Å². The molecule has 0 aliphatic carbocycles. The summed E-state index contributed by atoms with van der Waals surface area (Å²) in [5.74, 6) is -1.52. The Labute approximate surface area is 197 Å². The van der Waals surface area contributed by atoms with E-state index in [0.29, 0.717) is 6.42 Å². The van der Waals surface area contributed by atoms with E-state index in [0.717, 1.165) is 0 Å². The normalized spacial score (nSPS) is 19.8. The van der Waals surface area contributed by atoms with E-state index in [-0.39, 0.29) is 31.3 Å². The van der Waals surface area contributed by atoms with Gasteiger partial charge in [0.05, 0.1) is 19.2 Å². The van der Waals surface area contributed by atoms with Crippen molar-refractivity contribution in [1.29, 1.82) is 0 Å². The van der Waals surface area contributed by atoms with Crippen LogP contribution in [0.25, 0.3) is 0 Å². The number of amides is 4. The number of aliphatic hydroxyl groups is 1. The molecule has 1 aliphatic rings. The molecule has 1 aromatic heterocycles. The molecule has 0 saturated carbocycles. The predicted octanol–water partition coefficient (Wildman–Crippen LogP) is -1.17. The first-order valence-electron chi connectivity index (χ1n) is 11.2. The van der Waals surface area contributed by atoms with Crippen molar-refractivity contribution in [3.8, 4) is 0 Å². The van der Waals surface area contributed by atoms with E-state index >= 15 is 0 Å². The highest BCUT2D eigenvalue weighted by Crippen LogP contribution is 2.18. The first-order chi connectivity index (χ1) is 15.9. The van der Waals surface area contributed by atoms with Gasteiger partial charge >= 0.3 is 6.09 Å². The van der Waals surface area contributed by atoms with E-state index < -0.39 is 54.1 Å². The van der Waals surface area contributed by atoms with Crippen molar-refractivity contribution >= 4 is 23.8 Å². The van der Waals surface area contributed by atoms with E-state index in [1.54, 1.807) is 27.7 Å². The number of hydrogen-bond acceptors (Lipinski definition) is 9. The molecule has 5 N–H and O–H groups in total. The Balaban J connectivity index is 1.95. The summed E-state index contributed by atoms with van der Waals surface area (Å²) in [4.78, 5) is 51.5. The van der Waals surface area contributed by atoms with Gasteiger partial charge in [0.2, 0.25) is 17.7 Å². The van der Waals surface area contributed by atoms with Gasteiger partial charge in [-0.25, -0.2) is 4.79 Å². The van der Waals surface area contributed by atoms with Crippen LogP contribution in [0.3, 0.4) is 0 Å². The van der Waals surface area contributed by atoms with Gasteiger partial charge < -0.3 is 30.7 Å². The largest absolute Gasteiger partial charge is 0.444 e. The number of aromatic nitrogens is 4. The Bertz CT molecular complexity index is 856. The predicted molar refractivity (Wildman–Crippen MR) is 118 cm³/mol. The topological polar surface area (TPSA) is 192 Å². The third kappa shape index (κ3) is 7.93. The lowest BCUT2D eigenvalue weighted by molar-refractivity contribution is -0.139. The Morgan fingerprint density at radius 2 is 1.97 bits per heavy atom. The number of carbonyl (C=O) groups excluding carboxylic acids is 4. The van der Waals surface area contributed by atoms with Crippen molar-refractivity contribution in [2.24, 2.45) is 5.92 Å². The monoisotopic (exact) mass is 482 g/mol. The lowest BCUT2D eigenvalue weighted by Gasteiger charge is -2.27. The zero-order chi connectivity index (χ0) is 25.5. The highest BCUT2D eigenvalue weighted by Gasteiger charge is 2.39. The number of likely N-dealkylation sites (tertiary alicyclic amines) is 1. The fourth-order valence-electron chi connectivity index (χ4n) is 3.39. The van der Waals surface area contributed by atoms with Crippen LogP contribution in [0.15, 0.2) is 0 Å². The molecule has 0 radical (unpaired) electrons. The molecule has 1 aliphatic heterocycles. The average Bonchev–Trinajstić information content (AvgIpc) is 3.41. The van der Waals surface area contributed by atoms with E-state index in [4.69, 9.17) is 4.74 Å². The molecular formula is C20H34N8O6. The van der Waals surface area contributed by atoms with Crippen LogP contribution in [0.1, 0.15) is 53.3 Å². The number of nitrogens with one attached hydrogen (secondary N) is 4. The molecule has 2 rings (SSSR count). The Morgan fingerprint density at radius 3 is 2.56 bits per heavy atom. The summed E-state index contributed by atoms with van der Waals surface area (Å²) in [6.07, 6.45) is -0.946. The SMILES string of the molecule is CC[C@H](C)[C@H](NC(=O)OC(C)(C)C)C(=O)NCC(=O)N1C[C@@H](O)C[C@H]1C(=O)NCc1nn[nH]n1. The molecule has 0 spiro atoms. The summed E-state index contributed by atoms with van der Waals surface area (Å²) < 4.78 is 5.23. The summed E-state index contributed by atoms with van der Waals surface area (Å²) in [6.45, 7) is 8.37. The number of β-amino-alcohol motifs (C(OH)–C–C–N with tert-alkyl or cyclic N) is 1. The van der Waals surface area contributed by atoms with Crippen molar-refractivity contribution in [2.45, 2.75) is 77.8 Å². The molecule has 34 heavy (non-hydrogen) atoms. The number of alkyl carbamates (subject to hydrolysis) is 1. The first-order valence-corrected chi connectivity index (χ1v) is 11.2. The molecular weight excluding hydrogens is 448 g/mol. The number of carbonyl (C=O) groups is 4. The van der Waals surface area contributed by atoms with Crippen LogP contribution >= 0.6 is 0 Å². The smallest absolute Gasteiger partial charge is 0.408 e. The minimum atomic E-state index is -0.911. The maximum atomic E-state index is 12.8. The van der Waals surface area contributed by atoms with Crippen molar-refractivity contribution < 1.29 is 29.0 Å². The van der Waals surface area contributed by atoms with E-state index in [1.807, 2.05) is 6.92 Å². The van der Waals surface area contributed by atoms with Gasteiger partial charge in [0, 0.05) is 13.0 Å². The van der Waals surface area contributed by atoms with Gasteiger partial charge in [0.1, 0.15) is 17.7 Å². The van der Waals surface area contributed by atoms with Crippen molar-refractivity contribution in [1.82, 2.24) is 41.5 Å². The zero-order valence-electron chi connectivity index (χ0n) is 20.1. The van der Waals surface area contributed by atoms with Gasteiger partial charge in [-0.05, 0) is 26.7 Å². The molecule has 14 heteroatoms. The van der Waals surface area contributed by atoms with Crippen LogP contribution in [0.5, 0.6) is 0 Å². The molecule has 190 valence electrons. The average molecular weight is 483 g/mol. The summed E-state index contributed by atoms with van der Waals surface area (Å²) in [6, 6.07) is -1.82. The van der Waals surface area contributed by atoms with Crippen molar-refractivity contribution in [3.05, 3.63) is 5.82 Å². The maximum Gasteiger partial charge on any atom is 0.408 e. The Kier molecular flexibility index (Phi) is 9.29. The lowest BCUT2D eigenvalue weighted by atomic mass is 9.98. The van der Waals surface area contributed by atoms with Crippen LogP contribution in [0.2, 0.25) is 0 Å². The molecule has 14 nitrogen and oxygen atoms in total. The number of rotatable bonds is 9. The fraction of sp³-hybridized carbons (Fsp3) is 0.750. The molecule has 0 aromatic carbocycles. The molecule has 4 atom stereocenters. The molecule has 0 unspecified atom stereocenters. The summed E-state index contributed by atoms with van der Waals surface area (Å²) in [5.41, 5.74) is -0.730. The van der Waals surface area contributed by atoms with Crippen molar-refractivity contribution in [3.63, 3.8) is 0 Å². The zero-order valence-corrected chi connectivity index (χ0v) is 20.1. The molecule has 1 aromatic rings. The summed E-state index contributed by atoms with van der Waals surface area (Å²) >= 11 is 0. The fourth-order valence-corrected chi connectivity index (χ4v) is 3.39. The highest BCUT2D eigenvalue weighted by atomic mass is 16.6. The van der Waals surface area contributed by atoms with Gasteiger partial charge in [-0.15, -0.1) is 10.2 Å².